The molecule has 3 heterocycles. The maximum absolute atomic E-state index is 13.0. The van der Waals surface area contributed by atoms with Crippen LogP contribution in [0.15, 0.2) is 23.6 Å². The van der Waals surface area contributed by atoms with E-state index in [1.807, 2.05) is 12.1 Å². The number of hydrogen-bond donors (Lipinski definition) is 2. The van der Waals surface area contributed by atoms with Crippen molar-refractivity contribution in [1.82, 2.24) is 15.2 Å². The number of nitrogens with one attached hydrogen (secondary N) is 2. The highest BCUT2D eigenvalue weighted by atomic mass is 32.1. The summed E-state index contributed by atoms with van der Waals surface area (Å²) in [6.07, 6.45) is 1.93. The normalized spacial score (nSPS) is 18.4. The zero-order valence-corrected chi connectivity index (χ0v) is 21.8. The summed E-state index contributed by atoms with van der Waals surface area (Å²) in [6.45, 7) is 6.63. The summed E-state index contributed by atoms with van der Waals surface area (Å²) in [5.41, 5.74) is 2.25. The largest absolute Gasteiger partial charge is 0.383 e. The molecule has 36 heavy (non-hydrogen) atoms. The van der Waals surface area contributed by atoms with E-state index in [9.17, 15) is 9.59 Å². The first-order valence-corrected chi connectivity index (χ1v) is 13.2. The number of carbonyl (C=O) groups excluding carboxylic acids is 2. The zero-order chi connectivity index (χ0) is 25.3. The van der Waals surface area contributed by atoms with Crippen LogP contribution in [0, 0.1) is 0 Å². The average molecular weight is 518 g/mol. The lowest BCUT2D eigenvalue weighted by atomic mass is 10.0. The molecule has 0 unspecified atom stereocenters. The highest BCUT2D eigenvalue weighted by molar-refractivity contribution is 7.14. The Morgan fingerprint density at radius 2 is 2.03 bits per heavy atom. The number of aromatic nitrogens is 1. The molecule has 1 atom stereocenters. The van der Waals surface area contributed by atoms with Gasteiger partial charge in [-0.3, -0.25) is 14.5 Å². The highest BCUT2D eigenvalue weighted by Crippen LogP contribution is 2.26. The molecule has 0 spiro atoms. The Balaban J connectivity index is 1.45. The van der Waals surface area contributed by atoms with Gasteiger partial charge in [0, 0.05) is 58.9 Å². The second-order valence-corrected chi connectivity index (χ2v) is 9.73. The van der Waals surface area contributed by atoms with Crippen LogP contribution in [-0.2, 0) is 20.6 Å². The van der Waals surface area contributed by atoms with E-state index in [0.29, 0.717) is 30.1 Å². The third-order valence-corrected chi connectivity index (χ3v) is 7.36. The Labute approximate surface area is 215 Å². The Hall–Kier alpha value is -2.57. The van der Waals surface area contributed by atoms with E-state index in [2.05, 4.69) is 25.4 Å². The number of nitrogens with zero attached hydrogens (tertiary/aromatic N) is 3. The average Bonchev–Trinajstić information content (AvgIpc) is 3.59. The van der Waals surface area contributed by atoms with Gasteiger partial charge in [-0.25, -0.2) is 4.98 Å². The van der Waals surface area contributed by atoms with Crippen molar-refractivity contribution in [2.45, 2.75) is 18.9 Å². The van der Waals surface area contributed by atoms with E-state index in [4.69, 9.17) is 14.2 Å². The number of anilines is 2. The lowest BCUT2D eigenvalue weighted by molar-refractivity contribution is 0.0384. The van der Waals surface area contributed by atoms with Crippen LogP contribution in [-0.4, -0.2) is 101 Å². The molecule has 2 aliphatic rings. The number of carbonyl (C=O) groups is 2. The van der Waals surface area contributed by atoms with Crippen molar-refractivity contribution in [1.29, 1.82) is 0 Å². The van der Waals surface area contributed by atoms with Gasteiger partial charge in [0.05, 0.1) is 37.2 Å². The van der Waals surface area contributed by atoms with E-state index in [0.717, 1.165) is 69.5 Å². The number of ether oxygens (including phenoxy) is 3. The zero-order valence-electron chi connectivity index (χ0n) is 21.0. The molecule has 1 aromatic heterocycles. The van der Waals surface area contributed by atoms with Crippen molar-refractivity contribution in [3.8, 4) is 0 Å². The van der Waals surface area contributed by atoms with Gasteiger partial charge in [0.15, 0.2) is 5.13 Å². The second-order valence-electron chi connectivity index (χ2n) is 8.89. The van der Waals surface area contributed by atoms with Crippen molar-refractivity contribution in [3.05, 3.63) is 40.4 Å². The van der Waals surface area contributed by atoms with Gasteiger partial charge in [0.2, 0.25) is 0 Å². The minimum atomic E-state index is -0.341. The molecular formula is C25H35N5O5S. The molecule has 196 valence electrons. The SMILES string of the molecule is COCCNC(=O)c1cc(CCN2CCOCC2)ccc1NC(=O)c1csc(N2CC[C@H](OC)C2)n1. The molecule has 0 saturated carbocycles. The predicted molar refractivity (Wildman–Crippen MR) is 139 cm³/mol. The molecule has 4 rings (SSSR count). The van der Waals surface area contributed by atoms with Gasteiger partial charge in [-0.05, 0) is 30.5 Å². The maximum Gasteiger partial charge on any atom is 0.275 e. The first kappa shape index (κ1) is 26.5. The number of amides is 2. The number of benzene rings is 1. The predicted octanol–water partition coefficient (Wildman–Crippen LogP) is 1.87. The molecule has 10 nitrogen and oxygen atoms in total. The standard InChI is InChI=1S/C25H35N5O5S/c1-33-12-7-26-23(31)20-15-18(5-8-29-10-13-35-14-11-29)3-4-21(20)27-24(32)22-17-36-25(28-22)30-9-6-19(16-30)34-2/h3-4,15,17,19H,5-14,16H2,1-2H3,(H,26,31)(H,27,32)/t19-/m0/s1. The Kier molecular flexibility index (Phi) is 9.65. The Morgan fingerprint density at radius 3 is 2.78 bits per heavy atom. The van der Waals surface area contributed by atoms with Gasteiger partial charge in [-0.2, -0.15) is 0 Å². The van der Waals surface area contributed by atoms with Gasteiger partial charge in [0.25, 0.3) is 11.8 Å². The van der Waals surface area contributed by atoms with Crippen molar-refractivity contribution >= 4 is 34.0 Å². The van der Waals surface area contributed by atoms with Crippen LogP contribution >= 0.6 is 11.3 Å². The third kappa shape index (κ3) is 7.01. The smallest absolute Gasteiger partial charge is 0.275 e. The summed E-state index contributed by atoms with van der Waals surface area (Å²) in [4.78, 5) is 35.0. The molecule has 2 N–H and O–H groups in total. The number of methoxy groups -OCH3 is 2. The van der Waals surface area contributed by atoms with Gasteiger partial charge in [-0.15, -0.1) is 11.3 Å². The summed E-state index contributed by atoms with van der Waals surface area (Å²) < 4.78 is 15.9. The summed E-state index contributed by atoms with van der Waals surface area (Å²) in [6, 6.07) is 5.62. The topological polar surface area (TPSA) is 105 Å². The molecule has 2 amide bonds. The molecular weight excluding hydrogens is 482 g/mol. The van der Waals surface area contributed by atoms with E-state index in [-0.39, 0.29) is 17.9 Å². The lowest BCUT2D eigenvalue weighted by Gasteiger charge is -2.26. The number of hydrogen-bond acceptors (Lipinski definition) is 9. The van der Waals surface area contributed by atoms with Crippen LogP contribution < -0.4 is 15.5 Å². The molecule has 0 radical (unpaired) electrons. The highest BCUT2D eigenvalue weighted by Gasteiger charge is 2.25. The van der Waals surface area contributed by atoms with Gasteiger partial charge in [-0.1, -0.05) is 6.07 Å². The molecule has 1 aromatic carbocycles. The van der Waals surface area contributed by atoms with E-state index in [1.165, 1.54) is 11.3 Å². The van der Waals surface area contributed by atoms with Crippen molar-refractivity contribution in [3.63, 3.8) is 0 Å². The van der Waals surface area contributed by atoms with Crippen molar-refractivity contribution in [2.75, 3.05) is 83.5 Å². The van der Waals surface area contributed by atoms with E-state index in [1.54, 1.807) is 25.7 Å². The van der Waals surface area contributed by atoms with Crippen LogP contribution in [0.1, 0.15) is 32.8 Å². The maximum atomic E-state index is 13.0. The lowest BCUT2D eigenvalue weighted by Crippen LogP contribution is -2.37. The summed E-state index contributed by atoms with van der Waals surface area (Å²) in [5.74, 6) is -0.593. The Bertz CT molecular complexity index is 1030. The second kappa shape index (κ2) is 13.1. The summed E-state index contributed by atoms with van der Waals surface area (Å²) in [5, 5.41) is 8.31. The third-order valence-electron chi connectivity index (χ3n) is 6.46. The molecule has 2 aromatic rings. The number of thiazole rings is 1. The molecule has 0 bridgehead atoms. The summed E-state index contributed by atoms with van der Waals surface area (Å²) >= 11 is 1.44. The number of morpholine rings is 1. The van der Waals surface area contributed by atoms with Crippen LogP contribution in [0.25, 0.3) is 0 Å². The monoisotopic (exact) mass is 517 g/mol. The van der Waals surface area contributed by atoms with Gasteiger partial charge in [0.1, 0.15) is 5.69 Å². The van der Waals surface area contributed by atoms with Gasteiger partial charge >= 0.3 is 0 Å². The quantitative estimate of drug-likeness (QED) is 0.436. The summed E-state index contributed by atoms with van der Waals surface area (Å²) in [7, 11) is 3.30. The minimum Gasteiger partial charge on any atom is -0.383 e. The van der Waals surface area contributed by atoms with E-state index < -0.39 is 0 Å². The van der Waals surface area contributed by atoms with E-state index >= 15 is 0 Å². The van der Waals surface area contributed by atoms with Crippen molar-refractivity contribution in [2.24, 2.45) is 0 Å². The number of rotatable bonds is 11. The molecule has 2 aliphatic heterocycles. The first-order valence-electron chi connectivity index (χ1n) is 12.3. The molecule has 0 aliphatic carbocycles. The van der Waals surface area contributed by atoms with Crippen molar-refractivity contribution < 1.29 is 23.8 Å². The van der Waals surface area contributed by atoms with Crippen LogP contribution in [0.5, 0.6) is 0 Å². The Morgan fingerprint density at radius 1 is 1.19 bits per heavy atom. The van der Waals surface area contributed by atoms with Crippen LogP contribution in [0.3, 0.4) is 0 Å². The fourth-order valence-corrected chi connectivity index (χ4v) is 5.15. The fraction of sp³-hybridized carbons (Fsp3) is 0.560. The van der Waals surface area contributed by atoms with Crippen LogP contribution in [0.2, 0.25) is 0 Å². The molecule has 2 fully saturated rings. The molecule has 11 heteroatoms. The van der Waals surface area contributed by atoms with Gasteiger partial charge < -0.3 is 29.7 Å². The fourth-order valence-electron chi connectivity index (χ4n) is 4.31. The van der Waals surface area contributed by atoms with Crippen LogP contribution in [0.4, 0.5) is 10.8 Å². The minimum absolute atomic E-state index is 0.187. The first-order chi connectivity index (χ1) is 17.6. The molecule has 2 saturated heterocycles.